The van der Waals surface area contributed by atoms with Crippen LogP contribution < -0.4 is 4.74 Å². The summed E-state index contributed by atoms with van der Waals surface area (Å²) in [7, 11) is 0. The van der Waals surface area contributed by atoms with Gasteiger partial charge in [-0.25, -0.2) is 0 Å². The highest BCUT2D eigenvalue weighted by Gasteiger charge is 2.40. The summed E-state index contributed by atoms with van der Waals surface area (Å²) in [6.07, 6.45) is 2.71. The summed E-state index contributed by atoms with van der Waals surface area (Å²) in [6.45, 7) is 14.8. The average molecular weight is 409 g/mol. The first-order chi connectivity index (χ1) is 13.4. The third kappa shape index (κ3) is 8.35. The summed E-state index contributed by atoms with van der Waals surface area (Å²) in [6, 6.07) is 9.61. The Balaban J connectivity index is 2.85. The molecule has 1 unspecified atom stereocenters. The van der Waals surface area contributed by atoms with E-state index >= 15 is 0 Å². The van der Waals surface area contributed by atoms with Crippen molar-refractivity contribution >= 4 is 5.97 Å². The Bertz CT molecular complexity index is 607. The number of unbranched alkanes of at least 4 members (excludes halogenated alkanes) is 1. The lowest BCUT2D eigenvalue weighted by Gasteiger charge is -2.44. The number of para-hydroxylation sites is 1. The second-order valence-electron chi connectivity index (χ2n) is 9.40. The van der Waals surface area contributed by atoms with E-state index < -0.39 is 5.60 Å². The van der Waals surface area contributed by atoms with Crippen molar-refractivity contribution in [2.75, 3.05) is 19.8 Å². The van der Waals surface area contributed by atoms with Gasteiger partial charge in [0.25, 0.3) is 0 Å². The van der Waals surface area contributed by atoms with Gasteiger partial charge in [-0.05, 0) is 58.1 Å². The number of rotatable bonds is 13. The smallest absolute Gasteiger partial charge is 0.303 e. The van der Waals surface area contributed by atoms with E-state index in [1.807, 2.05) is 44.2 Å². The number of aliphatic hydroxyl groups is 1. The largest absolute Gasteiger partial charge is 0.493 e. The number of hydrogen-bond donors (Lipinski definition) is 1. The molecule has 0 fully saturated rings. The monoisotopic (exact) mass is 408 g/mol. The molecule has 1 rings (SSSR count). The Morgan fingerprint density at radius 1 is 1.00 bits per heavy atom. The number of carbonyl (C=O) groups excluding carboxylic acids is 1. The summed E-state index contributed by atoms with van der Waals surface area (Å²) in [4.78, 5) is 11.6. The molecule has 5 nitrogen and oxygen atoms in total. The number of carbonyl (C=O) groups is 1. The van der Waals surface area contributed by atoms with Crippen LogP contribution in [0.5, 0.6) is 5.75 Å². The van der Waals surface area contributed by atoms with Crippen LogP contribution in [-0.4, -0.2) is 42.1 Å². The third-order valence-electron chi connectivity index (χ3n) is 6.07. The normalized spacial score (nSPS) is 13.8. The fraction of sp³-hybridized carbons (Fsp3) is 0.708. The predicted octanol–water partition coefficient (Wildman–Crippen LogP) is 5.01. The summed E-state index contributed by atoms with van der Waals surface area (Å²) >= 11 is 0. The van der Waals surface area contributed by atoms with Gasteiger partial charge in [-0.1, -0.05) is 38.5 Å². The first-order valence-electron chi connectivity index (χ1n) is 10.5. The first-order valence-corrected chi connectivity index (χ1v) is 10.5. The number of ether oxygens (including phenoxy) is 3. The molecule has 29 heavy (non-hydrogen) atoms. The maximum atomic E-state index is 11.6. The molecule has 0 aliphatic heterocycles. The van der Waals surface area contributed by atoms with Gasteiger partial charge >= 0.3 is 5.97 Å². The Labute approximate surface area is 176 Å². The van der Waals surface area contributed by atoms with Crippen molar-refractivity contribution in [3.63, 3.8) is 0 Å². The van der Waals surface area contributed by atoms with Crippen molar-refractivity contribution in [3.05, 3.63) is 30.3 Å². The highest BCUT2D eigenvalue weighted by Crippen LogP contribution is 2.39. The van der Waals surface area contributed by atoms with Crippen molar-refractivity contribution < 1.29 is 24.1 Å². The molecule has 1 aromatic rings. The van der Waals surface area contributed by atoms with Gasteiger partial charge in [-0.2, -0.15) is 0 Å². The molecule has 1 aromatic carbocycles. The van der Waals surface area contributed by atoms with Gasteiger partial charge in [-0.15, -0.1) is 0 Å². The summed E-state index contributed by atoms with van der Waals surface area (Å²) in [5.74, 6) is 0.321. The number of aliphatic hydroxyl groups excluding tert-OH is 1. The molecule has 0 radical (unpaired) electrons. The molecule has 0 spiro atoms. The van der Waals surface area contributed by atoms with Crippen molar-refractivity contribution in [2.45, 2.75) is 78.9 Å². The van der Waals surface area contributed by atoms with E-state index in [4.69, 9.17) is 19.3 Å². The van der Waals surface area contributed by atoms with E-state index in [0.717, 1.165) is 25.0 Å². The minimum Gasteiger partial charge on any atom is -0.493 e. The lowest BCUT2D eigenvalue weighted by Crippen LogP contribution is -2.47. The molecule has 0 aliphatic carbocycles. The van der Waals surface area contributed by atoms with Crippen LogP contribution in [0.2, 0.25) is 0 Å². The van der Waals surface area contributed by atoms with E-state index in [2.05, 4.69) is 27.7 Å². The van der Waals surface area contributed by atoms with E-state index in [0.29, 0.717) is 13.2 Å². The van der Waals surface area contributed by atoms with Crippen LogP contribution in [-0.2, 0) is 14.3 Å². The van der Waals surface area contributed by atoms with Crippen LogP contribution >= 0.6 is 0 Å². The number of esters is 1. The summed E-state index contributed by atoms with van der Waals surface area (Å²) < 4.78 is 18.0. The average Bonchev–Trinajstić information content (AvgIpc) is 2.61. The summed E-state index contributed by atoms with van der Waals surface area (Å²) in [5.41, 5.74) is -1.18. The van der Waals surface area contributed by atoms with Gasteiger partial charge in [0.05, 0.1) is 24.7 Å². The Morgan fingerprint density at radius 3 is 2.17 bits per heavy atom. The topological polar surface area (TPSA) is 65.0 Å². The fourth-order valence-corrected chi connectivity index (χ4v) is 3.10. The van der Waals surface area contributed by atoms with E-state index in [9.17, 15) is 4.79 Å². The van der Waals surface area contributed by atoms with Crippen LogP contribution in [0.15, 0.2) is 30.3 Å². The van der Waals surface area contributed by atoms with E-state index in [1.54, 1.807) is 0 Å². The van der Waals surface area contributed by atoms with Crippen molar-refractivity contribution in [2.24, 2.45) is 11.3 Å². The molecule has 0 aliphatic rings. The molecular formula is C24H40O5. The highest BCUT2D eigenvalue weighted by molar-refractivity contribution is 5.66. The van der Waals surface area contributed by atoms with Gasteiger partial charge in [0.2, 0.25) is 0 Å². The zero-order chi connectivity index (χ0) is 22.1. The predicted molar refractivity (Wildman–Crippen MR) is 116 cm³/mol. The minimum absolute atomic E-state index is 0.0709. The molecule has 166 valence electrons. The zero-order valence-corrected chi connectivity index (χ0v) is 19.3. The van der Waals surface area contributed by atoms with Crippen LogP contribution in [0, 0.1) is 11.3 Å². The van der Waals surface area contributed by atoms with Gasteiger partial charge in [0.1, 0.15) is 11.4 Å². The molecule has 0 amide bonds. The molecule has 0 saturated heterocycles. The molecule has 0 saturated carbocycles. The minimum atomic E-state index is -0.724. The molecule has 1 N–H and O–H groups in total. The Hall–Kier alpha value is -1.59. The molecule has 0 bridgehead atoms. The quantitative estimate of drug-likeness (QED) is 0.367. The maximum absolute atomic E-state index is 11.6. The van der Waals surface area contributed by atoms with E-state index in [-0.39, 0.29) is 29.5 Å². The second kappa shape index (κ2) is 11.0. The van der Waals surface area contributed by atoms with Crippen LogP contribution in [0.4, 0.5) is 0 Å². The maximum Gasteiger partial charge on any atom is 0.303 e. The highest BCUT2D eigenvalue weighted by atomic mass is 16.6. The van der Waals surface area contributed by atoms with E-state index in [1.165, 1.54) is 6.92 Å². The van der Waals surface area contributed by atoms with Gasteiger partial charge in [-0.3, -0.25) is 4.79 Å². The van der Waals surface area contributed by atoms with Crippen LogP contribution in [0.3, 0.4) is 0 Å². The Morgan fingerprint density at radius 2 is 1.62 bits per heavy atom. The van der Waals surface area contributed by atoms with Crippen LogP contribution in [0.1, 0.15) is 67.7 Å². The van der Waals surface area contributed by atoms with Crippen molar-refractivity contribution in [1.29, 1.82) is 0 Å². The zero-order valence-electron chi connectivity index (χ0n) is 19.3. The first kappa shape index (κ1) is 25.4. The molecule has 0 heterocycles. The third-order valence-corrected chi connectivity index (χ3v) is 6.07. The van der Waals surface area contributed by atoms with Gasteiger partial charge < -0.3 is 19.3 Å². The lowest BCUT2D eigenvalue weighted by atomic mass is 9.73. The van der Waals surface area contributed by atoms with Crippen molar-refractivity contribution in [1.82, 2.24) is 0 Å². The van der Waals surface area contributed by atoms with Gasteiger partial charge in [0, 0.05) is 13.5 Å². The van der Waals surface area contributed by atoms with Crippen molar-refractivity contribution in [3.8, 4) is 5.75 Å². The second-order valence-corrected chi connectivity index (χ2v) is 9.40. The Kier molecular flexibility index (Phi) is 9.63. The standard InChI is InChI=1S/C24H40O5/c1-19(26)29-23(4,5)20(17-27-21-13-9-8-10-14-21)18-28-24(6,7)22(2,3)15-11-12-16-25/h8-10,13-14,20,25H,11-12,15-18H2,1-7H3. The lowest BCUT2D eigenvalue weighted by molar-refractivity contribution is -0.172. The van der Waals surface area contributed by atoms with Gasteiger partial charge in [0.15, 0.2) is 0 Å². The molecule has 0 aromatic heterocycles. The number of benzene rings is 1. The fourth-order valence-electron chi connectivity index (χ4n) is 3.10. The van der Waals surface area contributed by atoms with Crippen LogP contribution in [0.25, 0.3) is 0 Å². The molecule has 1 atom stereocenters. The SMILES string of the molecule is CC(=O)OC(C)(C)C(COc1ccccc1)COC(C)(C)C(C)(C)CCCCO. The summed E-state index contributed by atoms with van der Waals surface area (Å²) in [5, 5.41) is 9.07. The number of hydrogen-bond acceptors (Lipinski definition) is 5. The molecule has 5 heteroatoms. The molecular weight excluding hydrogens is 368 g/mol.